The number of hydrogen-bond donors (Lipinski definition) is 0. The van der Waals surface area contributed by atoms with Gasteiger partial charge in [-0.3, -0.25) is 0 Å². The second-order valence-corrected chi connectivity index (χ2v) is 8.40. The molecule has 0 aliphatic rings. The van der Waals surface area contributed by atoms with Crippen LogP contribution in [-0.4, -0.2) is 31.7 Å². The van der Waals surface area contributed by atoms with Gasteiger partial charge in [0.15, 0.2) is 11.0 Å². The molecule has 0 fully saturated rings. The largest absolute Gasteiger partial charge is 0.493 e. The van der Waals surface area contributed by atoms with Crippen molar-refractivity contribution in [2.45, 2.75) is 45.9 Å². The van der Waals surface area contributed by atoms with Gasteiger partial charge in [-0.1, -0.05) is 36.0 Å². The summed E-state index contributed by atoms with van der Waals surface area (Å²) < 4.78 is 10.4. The molecule has 0 saturated carbocycles. The number of thioether (sulfide) groups is 1. The molecule has 0 saturated heterocycles. The number of para-hydroxylation sites is 1. The lowest BCUT2D eigenvalue weighted by atomic mass is 10.1. The van der Waals surface area contributed by atoms with Crippen LogP contribution in [0, 0.1) is 13.8 Å². The normalized spacial score (nSPS) is 11.3. The van der Waals surface area contributed by atoms with Crippen LogP contribution in [0.25, 0.3) is 22.3 Å². The van der Waals surface area contributed by atoms with E-state index >= 15 is 0 Å². The first-order chi connectivity index (χ1) is 14.6. The van der Waals surface area contributed by atoms with Crippen molar-refractivity contribution >= 4 is 22.7 Å². The Balaban J connectivity index is 1.50. The number of aromatic nitrogens is 4. The molecule has 156 valence electrons. The number of ether oxygens (including phenoxy) is 1. The van der Waals surface area contributed by atoms with E-state index in [4.69, 9.17) is 4.74 Å². The summed E-state index contributed by atoms with van der Waals surface area (Å²) in [6, 6.07) is 14.7. The molecule has 0 unspecified atom stereocenters. The van der Waals surface area contributed by atoms with E-state index in [-0.39, 0.29) is 0 Å². The summed E-state index contributed by atoms with van der Waals surface area (Å²) in [5, 5.41) is 11.2. The Morgan fingerprint density at radius 1 is 0.967 bits per heavy atom. The SMILES string of the molecule is CCn1c(SCCOc2ccc(C)c(C)c2)nnc1-c1cn(CC)c2ccccc12. The van der Waals surface area contributed by atoms with Gasteiger partial charge in [-0.25, -0.2) is 0 Å². The van der Waals surface area contributed by atoms with Crippen LogP contribution in [0.3, 0.4) is 0 Å². The summed E-state index contributed by atoms with van der Waals surface area (Å²) in [5.74, 6) is 2.67. The van der Waals surface area contributed by atoms with Gasteiger partial charge < -0.3 is 13.9 Å². The molecule has 0 N–H and O–H groups in total. The van der Waals surface area contributed by atoms with Gasteiger partial charge >= 0.3 is 0 Å². The number of benzene rings is 2. The van der Waals surface area contributed by atoms with Crippen LogP contribution in [0.2, 0.25) is 0 Å². The number of aryl methyl sites for hydroxylation is 3. The van der Waals surface area contributed by atoms with Crippen molar-refractivity contribution in [2.75, 3.05) is 12.4 Å². The lowest BCUT2D eigenvalue weighted by molar-refractivity contribution is 0.343. The van der Waals surface area contributed by atoms with E-state index in [1.54, 1.807) is 11.8 Å². The van der Waals surface area contributed by atoms with Gasteiger partial charge in [0, 0.05) is 41.5 Å². The molecule has 2 heterocycles. The van der Waals surface area contributed by atoms with Crippen molar-refractivity contribution in [1.82, 2.24) is 19.3 Å². The quantitative estimate of drug-likeness (QED) is 0.270. The number of hydrogen-bond acceptors (Lipinski definition) is 4. The van der Waals surface area contributed by atoms with Crippen LogP contribution < -0.4 is 4.74 Å². The minimum Gasteiger partial charge on any atom is -0.493 e. The highest BCUT2D eigenvalue weighted by molar-refractivity contribution is 7.99. The summed E-state index contributed by atoms with van der Waals surface area (Å²) in [7, 11) is 0. The van der Waals surface area contributed by atoms with Crippen molar-refractivity contribution in [3.05, 3.63) is 59.8 Å². The van der Waals surface area contributed by atoms with Crippen molar-refractivity contribution < 1.29 is 4.74 Å². The van der Waals surface area contributed by atoms with E-state index < -0.39 is 0 Å². The average molecular weight is 421 g/mol. The van der Waals surface area contributed by atoms with Crippen molar-refractivity contribution in [1.29, 1.82) is 0 Å². The summed E-state index contributed by atoms with van der Waals surface area (Å²) in [6.45, 7) is 10.9. The molecule has 2 aromatic carbocycles. The molecular formula is C24H28N4OS. The van der Waals surface area contributed by atoms with Crippen LogP contribution in [0.15, 0.2) is 53.8 Å². The Kier molecular flexibility index (Phi) is 6.13. The zero-order valence-corrected chi connectivity index (χ0v) is 18.9. The lowest BCUT2D eigenvalue weighted by Gasteiger charge is -2.09. The van der Waals surface area contributed by atoms with Gasteiger partial charge in [-0.05, 0) is 57.0 Å². The first-order valence-electron chi connectivity index (χ1n) is 10.5. The van der Waals surface area contributed by atoms with E-state index in [0.717, 1.165) is 41.1 Å². The molecule has 0 radical (unpaired) electrons. The Morgan fingerprint density at radius 3 is 2.57 bits per heavy atom. The molecule has 0 aliphatic carbocycles. The average Bonchev–Trinajstić information content (AvgIpc) is 3.34. The molecule has 0 aliphatic heterocycles. The number of fused-ring (bicyclic) bond motifs is 1. The second kappa shape index (κ2) is 8.96. The molecule has 4 rings (SSSR count). The van der Waals surface area contributed by atoms with E-state index in [1.807, 2.05) is 6.07 Å². The molecule has 0 bridgehead atoms. The fourth-order valence-corrected chi connectivity index (χ4v) is 4.48. The highest BCUT2D eigenvalue weighted by Gasteiger charge is 2.17. The van der Waals surface area contributed by atoms with Gasteiger partial charge in [0.25, 0.3) is 0 Å². The van der Waals surface area contributed by atoms with Crippen LogP contribution in [0.5, 0.6) is 5.75 Å². The van der Waals surface area contributed by atoms with Crippen molar-refractivity contribution in [2.24, 2.45) is 0 Å². The molecule has 0 atom stereocenters. The summed E-state index contributed by atoms with van der Waals surface area (Å²) >= 11 is 1.69. The third-order valence-corrected chi connectivity index (χ3v) is 6.40. The smallest absolute Gasteiger partial charge is 0.191 e. The molecular weight excluding hydrogens is 392 g/mol. The molecule has 0 spiro atoms. The third-order valence-electron chi connectivity index (χ3n) is 5.46. The Morgan fingerprint density at radius 2 is 1.80 bits per heavy atom. The van der Waals surface area contributed by atoms with Crippen molar-refractivity contribution in [3.63, 3.8) is 0 Å². The van der Waals surface area contributed by atoms with Gasteiger partial charge in [-0.2, -0.15) is 0 Å². The maximum atomic E-state index is 5.92. The fourth-order valence-electron chi connectivity index (χ4n) is 3.66. The topological polar surface area (TPSA) is 44.9 Å². The highest BCUT2D eigenvalue weighted by atomic mass is 32.2. The van der Waals surface area contributed by atoms with E-state index in [9.17, 15) is 0 Å². The zero-order valence-electron chi connectivity index (χ0n) is 18.1. The van der Waals surface area contributed by atoms with Crippen molar-refractivity contribution in [3.8, 4) is 17.1 Å². The minimum absolute atomic E-state index is 0.633. The van der Waals surface area contributed by atoms with Gasteiger partial charge in [0.05, 0.1) is 6.61 Å². The Hall–Kier alpha value is -2.73. The molecule has 30 heavy (non-hydrogen) atoms. The molecule has 2 aromatic heterocycles. The van der Waals surface area contributed by atoms with E-state index in [2.05, 4.69) is 89.6 Å². The lowest BCUT2D eigenvalue weighted by Crippen LogP contribution is -2.04. The van der Waals surface area contributed by atoms with Crippen LogP contribution in [-0.2, 0) is 13.1 Å². The van der Waals surface area contributed by atoms with Gasteiger partial charge in [0.2, 0.25) is 0 Å². The molecule has 0 amide bonds. The fraction of sp³-hybridized carbons (Fsp3) is 0.333. The summed E-state index contributed by atoms with van der Waals surface area (Å²) in [4.78, 5) is 0. The highest BCUT2D eigenvalue weighted by Crippen LogP contribution is 2.31. The van der Waals surface area contributed by atoms with Crippen LogP contribution >= 0.6 is 11.8 Å². The third kappa shape index (κ3) is 3.97. The number of rotatable bonds is 8. The van der Waals surface area contributed by atoms with Crippen LogP contribution in [0.4, 0.5) is 0 Å². The first kappa shape index (κ1) is 20.5. The minimum atomic E-state index is 0.633. The monoisotopic (exact) mass is 420 g/mol. The van der Waals surface area contributed by atoms with E-state index in [0.29, 0.717) is 6.61 Å². The predicted molar refractivity (Wildman–Crippen MR) is 124 cm³/mol. The Bertz CT molecular complexity index is 1160. The molecule has 6 heteroatoms. The van der Waals surface area contributed by atoms with Crippen LogP contribution in [0.1, 0.15) is 25.0 Å². The summed E-state index contributed by atoms with van der Waals surface area (Å²) in [5.41, 5.74) is 4.91. The van der Waals surface area contributed by atoms with Gasteiger partial charge in [0.1, 0.15) is 5.75 Å². The standard InChI is InChI=1S/C24H28N4OS/c1-5-27-16-21(20-9-7-8-10-22(20)27)23-25-26-24(28(23)6-2)30-14-13-29-19-12-11-17(3)18(4)15-19/h7-12,15-16H,5-6,13-14H2,1-4H3. The maximum Gasteiger partial charge on any atom is 0.191 e. The predicted octanol–water partition coefficient (Wildman–Crippen LogP) is 5.73. The first-order valence-corrected chi connectivity index (χ1v) is 11.4. The van der Waals surface area contributed by atoms with Gasteiger partial charge in [-0.15, -0.1) is 10.2 Å². The Labute approximate surface area is 182 Å². The maximum absolute atomic E-state index is 5.92. The second-order valence-electron chi connectivity index (χ2n) is 7.34. The molecule has 5 nitrogen and oxygen atoms in total. The summed E-state index contributed by atoms with van der Waals surface area (Å²) in [6.07, 6.45) is 2.19. The zero-order chi connectivity index (χ0) is 21.1. The number of nitrogens with zero attached hydrogens (tertiary/aromatic N) is 4. The van der Waals surface area contributed by atoms with E-state index in [1.165, 1.54) is 22.0 Å². The molecule has 4 aromatic rings.